The Hall–Kier alpha value is -1.95. The Morgan fingerprint density at radius 1 is 1.18 bits per heavy atom. The molecule has 0 amide bonds. The van der Waals surface area contributed by atoms with Crippen molar-refractivity contribution in [1.29, 1.82) is 0 Å². The van der Waals surface area contributed by atoms with Crippen LogP contribution in [0.5, 0.6) is 5.75 Å². The number of esters is 1. The van der Waals surface area contributed by atoms with Crippen LogP contribution in [0.3, 0.4) is 0 Å². The molecule has 0 bridgehead atoms. The lowest BCUT2D eigenvalue weighted by molar-refractivity contribution is -0.248. The maximum Gasteiger partial charge on any atom is 0.432 e. The zero-order valence-corrected chi connectivity index (χ0v) is 11.0. The van der Waals surface area contributed by atoms with E-state index in [4.69, 9.17) is 0 Å². The van der Waals surface area contributed by atoms with Gasteiger partial charge in [-0.2, -0.15) is 22.0 Å². The molecular weight excluding hydrogens is 343 g/mol. The summed E-state index contributed by atoms with van der Waals surface area (Å²) in [5.74, 6) is -2.97. The number of phenolic OH excluding ortho intramolecular Hbond substituents is 1. The van der Waals surface area contributed by atoms with Crippen LogP contribution in [0, 0.1) is 0 Å². The summed E-state index contributed by atoms with van der Waals surface area (Å²) >= 11 is 0. The van der Waals surface area contributed by atoms with Gasteiger partial charge in [-0.05, 0) is 12.1 Å². The lowest BCUT2D eigenvalue weighted by atomic mass is 10.2. The molecule has 6 nitrogen and oxygen atoms in total. The summed E-state index contributed by atoms with van der Waals surface area (Å²) in [5, 5.41) is 3.27. The van der Waals surface area contributed by atoms with Gasteiger partial charge >= 0.3 is 17.4 Å². The van der Waals surface area contributed by atoms with Crippen molar-refractivity contribution in [2.24, 2.45) is 0 Å². The molecule has 0 aliphatic carbocycles. The van der Waals surface area contributed by atoms with Crippen LogP contribution in [0.2, 0.25) is 0 Å². The van der Waals surface area contributed by atoms with Gasteiger partial charge < -0.3 is 14.4 Å². The molecular formula is C10H6F5O6S-. The number of alkyl halides is 5. The van der Waals surface area contributed by atoms with E-state index in [1.807, 2.05) is 0 Å². The van der Waals surface area contributed by atoms with Gasteiger partial charge in [-0.3, -0.25) is 0 Å². The van der Waals surface area contributed by atoms with Gasteiger partial charge in [0.2, 0.25) is 0 Å². The highest BCUT2D eigenvalue weighted by molar-refractivity contribution is 7.86. The van der Waals surface area contributed by atoms with Crippen molar-refractivity contribution in [2.75, 3.05) is 0 Å². The first kappa shape index (κ1) is 18.1. The zero-order chi connectivity index (χ0) is 17.3. The Bertz CT molecular complexity index is 669. The largest absolute Gasteiger partial charge is 0.743 e. The summed E-state index contributed by atoms with van der Waals surface area (Å²) < 4.78 is 98.0. The van der Waals surface area contributed by atoms with Crippen LogP contribution in [-0.2, 0) is 14.9 Å². The molecule has 0 saturated heterocycles. The van der Waals surface area contributed by atoms with Gasteiger partial charge in [0.1, 0.15) is 11.3 Å². The summed E-state index contributed by atoms with van der Waals surface area (Å²) in [6.45, 7) is 0. The lowest BCUT2D eigenvalue weighted by Gasteiger charge is -2.29. The van der Waals surface area contributed by atoms with E-state index in [1.54, 1.807) is 0 Å². The van der Waals surface area contributed by atoms with E-state index in [1.165, 1.54) is 6.07 Å². The van der Waals surface area contributed by atoms with Crippen LogP contribution < -0.4 is 0 Å². The third-order valence-electron chi connectivity index (χ3n) is 2.28. The first-order valence-corrected chi connectivity index (χ1v) is 6.58. The predicted molar refractivity (Wildman–Crippen MR) is 58.0 cm³/mol. The number of rotatable bonds is 4. The molecule has 22 heavy (non-hydrogen) atoms. The van der Waals surface area contributed by atoms with Crippen LogP contribution in [0.4, 0.5) is 22.0 Å². The third-order valence-corrected chi connectivity index (χ3v) is 3.17. The average molecular weight is 349 g/mol. The normalized spacial score (nSPS) is 14.5. The Balaban J connectivity index is 3.23. The molecule has 0 aliphatic rings. The minimum absolute atomic E-state index is 0.745. The fourth-order valence-electron chi connectivity index (χ4n) is 1.27. The van der Waals surface area contributed by atoms with Crippen molar-refractivity contribution in [1.82, 2.24) is 0 Å². The third kappa shape index (κ3) is 3.62. The van der Waals surface area contributed by atoms with E-state index in [0.29, 0.717) is 0 Å². The molecule has 1 rings (SSSR count). The molecule has 0 fully saturated rings. The van der Waals surface area contributed by atoms with Crippen molar-refractivity contribution >= 4 is 16.1 Å². The van der Waals surface area contributed by atoms with E-state index in [-0.39, 0.29) is 0 Å². The quantitative estimate of drug-likeness (QED) is 0.503. The van der Waals surface area contributed by atoms with Gasteiger partial charge in [-0.1, -0.05) is 12.1 Å². The van der Waals surface area contributed by atoms with Crippen molar-refractivity contribution in [3.8, 4) is 5.75 Å². The number of benzene rings is 1. The van der Waals surface area contributed by atoms with E-state index < -0.39 is 44.9 Å². The van der Waals surface area contributed by atoms with Crippen LogP contribution in [0.15, 0.2) is 24.3 Å². The molecule has 0 spiro atoms. The molecule has 1 aromatic carbocycles. The van der Waals surface area contributed by atoms with Crippen LogP contribution in [0.1, 0.15) is 10.4 Å². The number of halogens is 5. The van der Waals surface area contributed by atoms with Crippen LogP contribution in [-0.4, -0.2) is 41.6 Å². The van der Waals surface area contributed by atoms with Gasteiger partial charge in [0.25, 0.3) is 6.10 Å². The summed E-state index contributed by atoms with van der Waals surface area (Å²) in [5.41, 5.74) is -0.921. The van der Waals surface area contributed by atoms with Crippen molar-refractivity contribution in [3.63, 3.8) is 0 Å². The maximum absolute atomic E-state index is 13.1. The van der Waals surface area contributed by atoms with Crippen LogP contribution >= 0.6 is 0 Å². The summed E-state index contributed by atoms with van der Waals surface area (Å²) in [6.07, 6.45) is -10.6. The number of hydrogen-bond donors (Lipinski definition) is 1. The smallest absolute Gasteiger partial charge is 0.432 e. The lowest BCUT2D eigenvalue weighted by Crippen LogP contribution is -2.52. The SMILES string of the molecule is O=C(OC(C(F)(F)F)C(F)(F)S(=O)(=O)[O-])c1ccccc1O. The second kappa shape index (κ2) is 5.68. The highest BCUT2D eigenvalue weighted by atomic mass is 32.2. The highest BCUT2D eigenvalue weighted by Gasteiger charge is 2.63. The van der Waals surface area contributed by atoms with E-state index >= 15 is 0 Å². The molecule has 0 aliphatic heterocycles. The Kier molecular flexibility index (Phi) is 4.67. The number of hydrogen-bond acceptors (Lipinski definition) is 6. The van der Waals surface area contributed by atoms with Crippen molar-refractivity contribution in [3.05, 3.63) is 29.8 Å². The Labute approximate surface area is 119 Å². The molecule has 1 aromatic rings. The minimum atomic E-state index is -6.77. The van der Waals surface area contributed by atoms with E-state index in [9.17, 15) is 44.8 Å². The summed E-state index contributed by atoms with van der Waals surface area (Å²) in [4.78, 5) is 11.4. The number of aromatic hydroxyl groups is 1. The molecule has 0 heterocycles. The molecule has 1 N–H and O–H groups in total. The topological polar surface area (TPSA) is 104 Å². The number of carbonyl (C=O) groups is 1. The van der Waals surface area contributed by atoms with Crippen LogP contribution in [0.25, 0.3) is 0 Å². The predicted octanol–water partition coefficient (Wildman–Crippen LogP) is 1.62. The fourth-order valence-corrected chi connectivity index (χ4v) is 1.72. The van der Waals surface area contributed by atoms with Gasteiger partial charge in [0, 0.05) is 0 Å². The van der Waals surface area contributed by atoms with E-state index in [2.05, 4.69) is 4.74 Å². The highest BCUT2D eigenvalue weighted by Crippen LogP contribution is 2.38. The first-order valence-electron chi connectivity index (χ1n) is 5.17. The van der Waals surface area contributed by atoms with Crippen molar-refractivity contribution < 1.29 is 49.6 Å². The average Bonchev–Trinajstić information content (AvgIpc) is 2.33. The number of phenols is 1. The summed E-state index contributed by atoms with van der Waals surface area (Å²) in [6, 6.07) is 3.84. The standard InChI is InChI=1S/C10H7F5O6S/c11-9(12,13)8(10(14,15)22(18,19)20)21-7(17)5-3-1-2-4-6(5)16/h1-4,8,16H,(H,18,19,20)/p-1. The minimum Gasteiger partial charge on any atom is -0.743 e. The molecule has 0 radical (unpaired) electrons. The second-order valence-corrected chi connectivity index (χ2v) is 5.31. The van der Waals surface area contributed by atoms with Crippen molar-refractivity contribution in [2.45, 2.75) is 17.5 Å². The molecule has 1 unspecified atom stereocenters. The second-order valence-electron chi connectivity index (χ2n) is 3.86. The number of ether oxygens (including phenoxy) is 1. The molecule has 0 saturated carbocycles. The molecule has 1 atom stereocenters. The molecule has 12 heteroatoms. The van der Waals surface area contributed by atoms with Gasteiger partial charge in [0.05, 0.1) is 0 Å². The molecule has 124 valence electrons. The van der Waals surface area contributed by atoms with Gasteiger partial charge in [-0.25, -0.2) is 13.2 Å². The Morgan fingerprint density at radius 2 is 1.68 bits per heavy atom. The van der Waals surface area contributed by atoms with Gasteiger partial charge in [0.15, 0.2) is 10.1 Å². The number of para-hydroxylation sites is 1. The fraction of sp³-hybridized carbons (Fsp3) is 0.300. The van der Waals surface area contributed by atoms with E-state index in [0.717, 1.165) is 18.2 Å². The maximum atomic E-state index is 13.1. The molecule has 0 aromatic heterocycles. The summed E-state index contributed by atoms with van der Waals surface area (Å²) in [7, 11) is -6.77. The number of carbonyl (C=O) groups excluding carboxylic acids is 1. The zero-order valence-electron chi connectivity index (χ0n) is 10.2. The van der Waals surface area contributed by atoms with Gasteiger partial charge in [-0.15, -0.1) is 0 Å². The monoisotopic (exact) mass is 349 g/mol. The first-order chi connectivity index (χ1) is 9.78. The Morgan fingerprint density at radius 3 is 2.09 bits per heavy atom.